The largest absolute Gasteiger partial charge is 0.496 e. The highest BCUT2D eigenvalue weighted by molar-refractivity contribution is 14.1. The minimum atomic E-state index is 0.840. The van der Waals surface area contributed by atoms with Crippen molar-refractivity contribution in [2.75, 3.05) is 7.11 Å². The molecule has 1 aromatic rings. The average molecular weight is 345 g/mol. The Bertz CT molecular complexity index is 277. The lowest BCUT2D eigenvalue weighted by Gasteiger charge is -2.04. The first kappa shape index (κ1) is 9.67. The molecule has 0 spiro atoms. The topological polar surface area (TPSA) is 9.23 Å². The van der Waals surface area contributed by atoms with Gasteiger partial charge in [-0.3, -0.25) is 0 Å². The van der Waals surface area contributed by atoms with Crippen molar-refractivity contribution in [1.82, 2.24) is 0 Å². The van der Waals surface area contributed by atoms with Crippen LogP contribution in [0, 0.1) is 3.57 Å². The lowest BCUT2D eigenvalue weighted by molar-refractivity contribution is 0.411. The summed E-state index contributed by atoms with van der Waals surface area (Å²) in [7, 11) is 1.65. The Balaban J connectivity index is 3.21. The maximum absolute atomic E-state index is 5.10. The van der Waals surface area contributed by atoms with Gasteiger partial charge in [-0.05, 0) is 50.7 Å². The van der Waals surface area contributed by atoms with Gasteiger partial charge in [-0.2, -0.15) is 0 Å². The summed E-state index contributed by atoms with van der Waals surface area (Å²) in [4.78, 5) is 0.957. The first-order valence-electron chi connectivity index (χ1n) is 2.87. The first-order valence-corrected chi connectivity index (χ1v) is 5.19. The molecular formula is C7H6BrIOS. The molecule has 0 aromatic heterocycles. The first-order chi connectivity index (χ1) is 5.15. The molecule has 0 saturated heterocycles. The highest BCUT2D eigenvalue weighted by Crippen LogP contribution is 2.30. The summed E-state index contributed by atoms with van der Waals surface area (Å²) in [5, 5.41) is 0. The number of thiol groups is 1. The summed E-state index contributed by atoms with van der Waals surface area (Å²) in [6, 6.07) is 3.86. The summed E-state index contributed by atoms with van der Waals surface area (Å²) < 4.78 is 7.12. The Labute approximate surface area is 93.2 Å². The molecule has 0 atom stereocenters. The molecule has 11 heavy (non-hydrogen) atoms. The molecule has 0 aliphatic rings. The minimum absolute atomic E-state index is 0.840. The predicted molar refractivity (Wildman–Crippen MR) is 60.7 cm³/mol. The van der Waals surface area contributed by atoms with Gasteiger partial charge >= 0.3 is 0 Å². The van der Waals surface area contributed by atoms with Crippen LogP contribution in [0.25, 0.3) is 0 Å². The zero-order valence-electron chi connectivity index (χ0n) is 5.77. The van der Waals surface area contributed by atoms with Gasteiger partial charge in [0, 0.05) is 8.47 Å². The lowest BCUT2D eigenvalue weighted by atomic mass is 10.3. The van der Waals surface area contributed by atoms with Gasteiger partial charge < -0.3 is 4.74 Å². The van der Waals surface area contributed by atoms with Crippen molar-refractivity contribution < 1.29 is 4.74 Å². The van der Waals surface area contributed by atoms with E-state index in [0.717, 1.165) is 18.7 Å². The Morgan fingerprint density at radius 2 is 2.18 bits per heavy atom. The zero-order valence-corrected chi connectivity index (χ0v) is 10.4. The van der Waals surface area contributed by atoms with Gasteiger partial charge in [-0.25, -0.2) is 0 Å². The number of halogens is 2. The molecule has 60 valence electrons. The molecule has 1 rings (SSSR count). The van der Waals surface area contributed by atoms with Crippen molar-refractivity contribution in [3.8, 4) is 5.75 Å². The fraction of sp³-hybridized carbons (Fsp3) is 0.143. The van der Waals surface area contributed by atoms with E-state index in [0.29, 0.717) is 0 Å². The molecule has 0 bridgehead atoms. The third kappa shape index (κ3) is 2.26. The fourth-order valence-electron chi connectivity index (χ4n) is 0.675. The minimum Gasteiger partial charge on any atom is -0.496 e. The van der Waals surface area contributed by atoms with Crippen LogP contribution >= 0.6 is 51.1 Å². The lowest BCUT2D eigenvalue weighted by Crippen LogP contribution is -1.86. The second kappa shape index (κ2) is 4.00. The van der Waals surface area contributed by atoms with E-state index in [1.807, 2.05) is 12.1 Å². The normalized spacial score (nSPS) is 9.82. The molecule has 1 aromatic carbocycles. The van der Waals surface area contributed by atoms with Gasteiger partial charge in [0.05, 0.1) is 11.6 Å². The van der Waals surface area contributed by atoms with Crippen LogP contribution in [-0.4, -0.2) is 7.11 Å². The van der Waals surface area contributed by atoms with Crippen molar-refractivity contribution in [1.29, 1.82) is 0 Å². The number of rotatable bonds is 1. The second-order valence-electron chi connectivity index (χ2n) is 1.94. The van der Waals surface area contributed by atoms with Crippen molar-refractivity contribution in [2.24, 2.45) is 0 Å². The highest BCUT2D eigenvalue weighted by Gasteiger charge is 2.03. The Morgan fingerprint density at radius 3 is 2.73 bits per heavy atom. The molecule has 0 saturated carbocycles. The number of benzene rings is 1. The van der Waals surface area contributed by atoms with Crippen molar-refractivity contribution in [3.05, 3.63) is 20.2 Å². The van der Waals surface area contributed by atoms with Crippen LogP contribution in [0.4, 0.5) is 0 Å². The van der Waals surface area contributed by atoms with E-state index < -0.39 is 0 Å². The standard InChI is InChI=1S/C7H6BrIOS/c1-10-6-3-5(9)7(11)2-4(6)8/h2-3,11H,1H3. The number of methoxy groups -OCH3 is 1. The summed E-state index contributed by atoms with van der Waals surface area (Å²) >= 11 is 9.84. The van der Waals surface area contributed by atoms with E-state index in [9.17, 15) is 0 Å². The third-order valence-electron chi connectivity index (χ3n) is 1.22. The van der Waals surface area contributed by atoms with E-state index in [1.54, 1.807) is 7.11 Å². The van der Waals surface area contributed by atoms with E-state index in [4.69, 9.17) is 4.74 Å². The zero-order chi connectivity index (χ0) is 8.43. The van der Waals surface area contributed by atoms with Crippen LogP contribution in [-0.2, 0) is 0 Å². The van der Waals surface area contributed by atoms with Crippen LogP contribution in [0.5, 0.6) is 5.75 Å². The second-order valence-corrected chi connectivity index (χ2v) is 4.44. The summed E-state index contributed by atoms with van der Waals surface area (Å²) in [6.07, 6.45) is 0. The third-order valence-corrected chi connectivity index (χ3v) is 3.53. The van der Waals surface area contributed by atoms with E-state index in [2.05, 4.69) is 51.1 Å². The summed E-state index contributed by atoms with van der Waals surface area (Å²) in [5.41, 5.74) is 0. The van der Waals surface area contributed by atoms with Gasteiger partial charge in [0.2, 0.25) is 0 Å². The number of hydrogen-bond acceptors (Lipinski definition) is 2. The summed E-state index contributed by atoms with van der Waals surface area (Å²) in [5.74, 6) is 0.840. The molecule has 4 heteroatoms. The van der Waals surface area contributed by atoms with Crippen molar-refractivity contribution in [2.45, 2.75) is 4.90 Å². The molecule has 0 fully saturated rings. The molecule has 0 heterocycles. The molecule has 0 N–H and O–H groups in total. The molecular weight excluding hydrogens is 339 g/mol. The van der Waals surface area contributed by atoms with Crippen LogP contribution < -0.4 is 4.74 Å². The maximum atomic E-state index is 5.10. The molecule has 0 unspecified atom stereocenters. The van der Waals surface area contributed by atoms with Crippen LogP contribution in [0.15, 0.2) is 21.5 Å². The van der Waals surface area contributed by atoms with Crippen molar-refractivity contribution in [3.63, 3.8) is 0 Å². The molecule has 0 aliphatic heterocycles. The van der Waals surface area contributed by atoms with Gasteiger partial charge in [0.25, 0.3) is 0 Å². The van der Waals surface area contributed by atoms with E-state index >= 15 is 0 Å². The molecule has 0 aliphatic carbocycles. The SMILES string of the molecule is COc1cc(I)c(S)cc1Br. The predicted octanol–water partition coefficient (Wildman–Crippen LogP) is 3.35. The van der Waals surface area contributed by atoms with E-state index in [-0.39, 0.29) is 0 Å². The van der Waals surface area contributed by atoms with Gasteiger partial charge in [-0.15, -0.1) is 12.6 Å². The Morgan fingerprint density at radius 1 is 1.55 bits per heavy atom. The van der Waals surface area contributed by atoms with Crippen LogP contribution in [0.1, 0.15) is 0 Å². The number of hydrogen-bond donors (Lipinski definition) is 1. The Hall–Kier alpha value is 0.580. The maximum Gasteiger partial charge on any atom is 0.134 e. The fourth-order valence-corrected chi connectivity index (χ4v) is 1.99. The Kier molecular flexibility index (Phi) is 3.52. The van der Waals surface area contributed by atoms with E-state index in [1.165, 1.54) is 0 Å². The highest BCUT2D eigenvalue weighted by atomic mass is 127. The smallest absolute Gasteiger partial charge is 0.134 e. The van der Waals surface area contributed by atoms with Gasteiger partial charge in [0.15, 0.2) is 0 Å². The van der Waals surface area contributed by atoms with Crippen LogP contribution in [0.3, 0.4) is 0 Å². The van der Waals surface area contributed by atoms with Crippen molar-refractivity contribution >= 4 is 51.1 Å². The van der Waals surface area contributed by atoms with Gasteiger partial charge in [0.1, 0.15) is 5.75 Å². The molecule has 1 nitrogen and oxygen atoms in total. The van der Waals surface area contributed by atoms with Gasteiger partial charge in [-0.1, -0.05) is 0 Å². The quantitative estimate of drug-likeness (QED) is 0.607. The number of ether oxygens (including phenoxy) is 1. The molecule has 0 amide bonds. The summed E-state index contributed by atoms with van der Waals surface area (Å²) in [6.45, 7) is 0. The van der Waals surface area contributed by atoms with Crippen LogP contribution in [0.2, 0.25) is 0 Å². The molecule has 0 radical (unpaired) electrons. The average Bonchev–Trinajstić information content (AvgIpc) is 1.97. The monoisotopic (exact) mass is 344 g/mol.